The number of carbonyl (C=O) groups is 6. The van der Waals surface area contributed by atoms with Gasteiger partial charge in [0.25, 0.3) is 0 Å². The number of carboxylic acid groups (broad SMARTS) is 1. The maximum atomic E-state index is 12.4. The number of rotatable bonds is 12. The number of carboxylic acids is 1. The fraction of sp³-hybridized carbons (Fsp3) is 0.625. The average molecular weight is 416 g/mol. The Morgan fingerprint density at radius 3 is 1.72 bits per heavy atom. The van der Waals surface area contributed by atoms with Crippen LogP contribution in [0.25, 0.3) is 0 Å². The van der Waals surface area contributed by atoms with Gasteiger partial charge in [0.05, 0.1) is 18.9 Å². The van der Waals surface area contributed by atoms with E-state index in [1.807, 2.05) is 0 Å². The molecule has 5 amide bonds. The van der Waals surface area contributed by atoms with Crippen LogP contribution in [-0.4, -0.2) is 64.8 Å². The third-order valence-electron chi connectivity index (χ3n) is 3.78. The van der Waals surface area contributed by atoms with Crippen molar-refractivity contribution in [3.8, 4) is 0 Å². The smallest absolute Gasteiger partial charge is 0.326 e. The van der Waals surface area contributed by atoms with Crippen LogP contribution in [-0.2, 0) is 28.8 Å². The number of aliphatic carboxylic acids is 1. The fourth-order valence-corrected chi connectivity index (χ4v) is 2.17. The van der Waals surface area contributed by atoms with Gasteiger partial charge in [0, 0.05) is 0 Å². The molecule has 4 atom stereocenters. The van der Waals surface area contributed by atoms with Crippen LogP contribution in [0.3, 0.4) is 0 Å². The molecule has 10 N–H and O–H groups in total. The first-order valence-electron chi connectivity index (χ1n) is 8.72. The molecule has 13 heteroatoms. The first kappa shape index (κ1) is 25.8. The second-order valence-corrected chi connectivity index (χ2v) is 6.81. The lowest BCUT2D eigenvalue weighted by molar-refractivity contribution is -0.143. The molecule has 0 aliphatic carbocycles. The van der Waals surface area contributed by atoms with Crippen LogP contribution in [0.4, 0.5) is 0 Å². The summed E-state index contributed by atoms with van der Waals surface area (Å²) >= 11 is 0. The number of primary amides is 2. The number of amides is 5. The van der Waals surface area contributed by atoms with E-state index >= 15 is 0 Å². The maximum absolute atomic E-state index is 12.4. The maximum Gasteiger partial charge on any atom is 0.326 e. The van der Waals surface area contributed by atoms with Gasteiger partial charge in [-0.15, -0.1) is 0 Å². The molecule has 0 aromatic heterocycles. The molecule has 0 fully saturated rings. The standard InChI is InChI=1S/C16H28N6O7/c1-6(2)12(16(28)29)22-15(27)9(5-11(19)24)21-13(25)7(3)20-14(26)8(17)4-10(18)23/h6-9,12H,4-5,17H2,1-3H3,(H2,18,23)(H2,19,24)(H,20,26)(H,21,25)(H,22,27)(H,28,29). The molecule has 0 saturated carbocycles. The van der Waals surface area contributed by atoms with Gasteiger partial charge in [0.1, 0.15) is 18.1 Å². The molecule has 13 nitrogen and oxygen atoms in total. The molecular weight excluding hydrogens is 388 g/mol. The predicted molar refractivity (Wildman–Crippen MR) is 99.5 cm³/mol. The lowest BCUT2D eigenvalue weighted by Crippen LogP contribution is -2.57. The van der Waals surface area contributed by atoms with Gasteiger partial charge in [-0.25, -0.2) is 4.79 Å². The molecule has 0 spiro atoms. The van der Waals surface area contributed by atoms with E-state index in [0.717, 1.165) is 0 Å². The van der Waals surface area contributed by atoms with Crippen molar-refractivity contribution in [1.82, 2.24) is 16.0 Å². The summed E-state index contributed by atoms with van der Waals surface area (Å²) in [5.41, 5.74) is 15.5. The second kappa shape index (κ2) is 11.6. The molecule has 0 bridgehead atoms. The Bertz CT molecular complexity index is 666. The molecule has 0 rings (SSSR count). The molecule has 0 aliphatic rings. The Morgan fingerprint density at radius 2 is 1.31 bits per heavy atom. The lowest BCUT2D eigenvalue weighted by Gasteiger charge is -2.24. The molecule has 0 heterocycles. The van der Waals surface area contributed by atoms with Crippen LogP contribution in [0.1, 0.15) is 33.6 Å². The SMILES string of the molecule is CC(NC(=O)C(N)CC(N)=O)C(=O)NC(CC(N)=O)C(=O)NC(C(=O)O)C(C)C. The number of nitrogens with two attached hydrogens (primary N) is 3. The van der Waals surface area contributed by atoms with Gasteiger partial charge in [-0.05, 0) is 12.8 Å². The summed E-state index contributed by atoms with van der Waals surface area (Å²) in [6, 6.07) is -5.17. The molecule has 4 unspecified atom stereocenters. The van der Waals surface area contributed by atoms with Crippen LogP contribution in [0.5, 0.6) is 0 Å². The zero-order chi connectivity index (χ0) is 22.9. The summed E-state index contributed by atoms with van der Waals surface area (Å²) in [5, 5.41) is 15.8. The minimum Gasteiger partial charge on any atom is -0.480 e. The molecule has 0 aliphatic heterocycles. The Balaban J connectivity index is 5.12. The first-order valence-corrected chi connectivity index (χ1v) is 8.72. The number of hydrogen-bond acceptors (Lipinski definition) is 7. The number of carbonyl (C=O) groups excluding carboxylic acids is 5. The van der Waals surface area contributed by atoms with Gasteiger partial charge >= 0.3 is 5.97 Å². The van der Waals surface area contributed by atoms with Crippen molar-refractivity contribution in [2.24, 2.45) is 23.1 Å². The summed E-state index contributed by atoms with van der Waals surface area (Å²) in [4.78, 5) is 69.7. The molecule has 164 valence electrons. The first-order chi connectivity index (χ1) is 13.3. The Hall–Kier alpha value is -3.22. The third kappa shape index (κ3) is 9.51. The molecule has 29 heavy (non-hydrogen) atoms. The monoisotopic (exact) mass is 416 g/mol. The van der Waals surface area contributed by atoms with E-state index in [9.17, 15) is 28.8 Å². The Kier molecular flexibility index (Phi) is 10.3. The highest BCUT2D eigenvalue weighted by Gasteiger charge is 2.31. The minimum absolute atomic E-state index is 0.432. The van der Waals surface area contributed by atoms with E-state index in [1.165, 1.54) is 6.92 Å². The summed E-state index contributed by atoms with van der Waals surface area (Å²) in [6.07, 6.45) is -1.03. The van der Waals surface area contributed by atoms with E-state index in [0.29, 0.717) is 0 Å². The highest BCUT2D eigenvalue weighted by atomic mass is 16.4. The fourth-order valence-electron chi connectivity index (χ4n) is 2.17. The zero-order valence-electron chi connectivity index (χ0n) is 16.4. The largest absolute Gasteiger partial charge is 0.480 e. The van der Waals surface area contributed by atoms with Gasteiger partial charge < -0.3 is 38.3 Å². The normalized spacial score (nSPS) is 14.8. The topological polar surface area (TPSA) is 237 Å². The van der Waals surface area contributed by atoms with Gasteiger partial charge in [-0.2, -0.15) is 0 Å². The van der Waals surface area contributed by atoms with Gasteiger partial charge in [0.15, 0.2) is 0 Å². The van der Waals surface area contributed by atoms with E-state index in [1.54, 1.807) is 13.8 Å². The van der Waals surface area contributed by atoms with Crippen LogP contribution in [0, 0.1) is 5.92 Å². The summed E-state index contributed by atoms with van der Waals surface area (Å²) in [6.45, 7) is 4.40. The van der Waals surface area contributed by atoms with Crippen LogP contribution < -0.4 is 33.2 Å². The Labute approximate surface area is 167 Å². The van der Waals surface area contributed by atoms with Crippen molar-refractivity contribution in [1.29, 1.82) is 0 Å². The van der Waals surface area contributed by atoms with Crippen molar-refractivity contribution >= 4 is 35.5 Å². The average Bonchev–Trinajstić information content (AvgIpc) is 2.56. The minimum atomic E-state index is -1.46. The van der Waals surface area contributed by atoms with Crippen LogP contribution >= 0.6 is 0 Å². The van der Waals surface area contributed by atoms with Gasteiger partial charge in [-0.1, -0.05) is 13.8 Å². The van der Waals surface area contributed by atoms with Gasteiger partial charge in [-0.3, -0.25) is 24.0 Å². The summed E-state index contributed by atoms with van der Waals surface area (Å²) in [7, 11) is 0. The van der Waals surface area contributed by atoms with Crippen molar-refractivity contribution < 1.29 is 33.9 Å². The second-order valence-electron chi connectivity index (χ2n) is 6.81. The highest BCUT2D eigenvalue weighted by molar-refractivity contribution is 5.96. The summed E-state index contributed by atoms with van der Waals surface area (Å²) in [5.74, 6) is -6.09. The molecule has 0 aromatic carbocycles. The Morgan fingerprint density at radius 1 is 0.793 bits per heavy atom. The lowest BCUT2D eigenvalue weighted by atomic mass is 10.0. The molecule has 0 saturated heterocycles. The van der Waals surface area contributed by atoms with Crippen LogP contribution in [0.15, 0.2) is 0 Å². The van der Waals surface area contributed by atoms with E-state index in [2.05, 4.69) is 16.0 Å². The quantitative estimate of drug-likeness (QED) is 0.166. The molecule has 0 aromatic rings. The zero-order valence-corrected chi connectivity index (χ0v) is 16.4. The van der Waals surface area contributed by atoms with Crippen LogP contribution in [0.2, 0.25) is 0 Å². The molecule has 0 radical (unpaired) electrons. The highest BCUT2D eigenvalue weighted by Crippen LogP contribution is 2.04. The predicted octanol–water partition coefficient (Wildman–Crippen LogP) is -3.72. The molecular formula is C16H28N6O7. The van der Waals surface area contributed by atoms with Crippen molar-refractivity contribution in [2.75, 3.05) is 0 Å². The van der Waals surface area contributed by atoms with E-state index in [4.69, 9.17) is 22.3 Å². The van der Waals surface area contributed by atoms with Crippen molar-refractivity contribution in [3.05, 3.63) is 0 Å². The number of hydrogen-bond donors (Lipinski definition) is 7. The third-order valence-corrected chi connectivity index (χ3v) is 3.78. The summed E-state index contributed by atoms with van der Waals surface area (Å²) < 4.78 is 0. The van der Waals surface area contributed by atoms with Crippen molar-refractivity contribution in [3.63, 3.8) is 0 Å². The van der Waals surface area contributed by atoms with Crippen molar-refractivity contribution in [2.45, 2.75) is 57.8 Å². The van der Waals surface area contributed by atoms with E-state index < -0.39 is 78.4 Å². The number of nitrogens with one attached hydrogen (secondary N) is 3. The van der Waals surface area contributed by atoms with Gasteiger partial charge in [0.2, 0.25) is 29.5 Å². The van der Waals surface area contributed by atoms with E-state index in [-0.39, 0.29) is 0 Å².